The lowest BCUT2D eigenvalue weighted by Gasteiger charge is -2.54. The van der Waals surface area contributed by atoms with Crippen molar-refractivity contribution >= 4 is 0 Å². The predicted molar refractivity (Wildman–Crippen MR) is 49.3 cm³/mol. The Kier molecular flexibility index (Phi) is 2.13. The van der Waals surface area contributed by atoms with Gasteiger partial charge in [0.15, 0.2) is 0 Å². The highest BCUT2D eigenvalue weighted by Gasteiger charge is 2.54. The van der Waals surface area contributed by atoms with Crippen LogP contribution in [0.3, 0.4) is 0 Å². The monoisotopic (exact) mass is 205 g/mol. The summed E-state index contributed by atoms with van der Waals surface area (Å²) < 4.78 is 31.1. The molecule has 2 N–H and O–H groups in total. The van der Waals surface area contributed by atoms with E-state index in [1.54, 1.807) is 0 Å². The lowest BCUT2D eigenvalue weighted by molar-refractivity contribution is -0.168. The van der Waals surface area contributed by atoms with Crippen molar-refractivity contribution in [3.8, 4) is 0 Å². The number of rotatable bonds is 1. The lowest BCUT2D eigenvalue weighted by atomic mass is 9.62. The fraction of sp³-hybridized carbons (Fsp3) is 1.00. The SMILES string of the molecule is CC1(C2(N)CCC(F)(F)CC2)COC1. The van der Waals surface area contributed by atoms with Crippen LogP contribution in [0.2, 0.25) is 0 Å². The van der Waals surface area contributed by atoms with Gasteiger partial charge in [0.2, 0.25) is 5.92 Å². The van der Waals surface area contributed by atoms with Crippen LogP contribution in [0.25, 0.3) is 0 Å². The van der Waals surface area contributed by atoms with Crippen LogP contribution in [0.5, 0.6) is 0 Å². The minimum atomic E-state index is -2.50. The van der Waals surface area contributed by atoms with E-state index in [2.05, 4.69) is 0 Å². The zero-order valence-electron chi connectivity index (χ0n) is 8.48. The summed E-state index contributed by atoms with van der Waals surface area (Å²) in [6.45, 7) is 3.28. The molecule has 0 unspecified atom stereocenters. The van der Waals surface area contributed by atoms with Crippen molar-refractivity contribution in [1.29, 1.82) is 0 Å². The quantitative estimate of drug-likeness (QED) is 0.710. The van der Waals surface area contributed by atoms with E-state index in [0.717, 1.165) is 0 Å². The van der Waals surface area contributed by atoms with Crippen LogP contribution in [-0.2, 0) is 4.74 Å². The molecule has 1 saturated carbocycles. The maximum Gasteiger partial charge on any atom is 0.248 e. The summed E-state index contributed by atoms with van der Waals surface area (Å²) in [7, 11) is 0. The van der Waals surface area contributed by atoms with Gasteiger partial charge in [0.25, 0.3) is 0 Å². The molecule has 0 bridgehead atoms. The minimum absolute atomic E-state index is 0.0703. The van der Waals surface area contributed by atoms with Crippen LogP contribution in [-0.4, -0.2) is 24.7 Å². The Morgan fingerprint density at radius 3 is 1.93 bits per heavy atom. The Hall–Kier alpha value is -0.220. The molecule has 2 nitrogen and oxygen atoms in total. The van der Waals surface area contributed by atoms with E-state index in [0.29, 0.717) is 26.1 Å². The van der Waals surface area contributed by atoms with E-state index in [1.165, 1.54) is 0 Å². The number of hydrogen-bond donors (Lipinski definition) is 1. The van der Waals surface area contributed by atoms with Crippen LogP contribution in [0.15, 0.2) is 0 Å². The summed E-state index contributed by atoms with van der Waals surface area (Å²) >= 11 is 0. The molecule has 0 spiro atoms. The van der Waals surface area contributed by atoms with Crippen molar-refractivity contribution in [2.75, 3.05) is 13.2 Å². The van der Waals surface area contributed by atoms with Gasteiger partial charge in [-0.05, 0) is 12.8 Å². The normalized spacial score (nSPS) is 33.4. The molecule has 14 heavy (non-hydrogen) atoms. The standard InChI is InChI=1S/C10H17F2NO/c1-8(6-14-7-8)9(13)2-4-10(11,12)5-3-9/h2-7,13H2,1H3. The largest absolute Gasteiger partial charge is 0.380 e. The summed E-state index contributed by atoms with van der Waals surface area (Å²) in [6, 6.07) is 0. The zero-order chi connectivity index (χ0) is 10.4. The number of hydrogen-bond acceptors (Lipinski definition) is 2. The molecule has 0 aromatic rings. The predicted octanol–water partition coefficient (Wildman–Crippen LogP) is 1.93. The molecule has 1 saturated heterocycles. The molecular weight excluding hydrogens is 188 g/mol. The maximum atomic E-state index is 13.0. The Balaban J connectivity index is 2.05. The van der Waals surface area contributed by atoms with E-state index in [1.807, 2.05) is 6.92 Å². The van der Waals surface area contributed by atoms with E-state index < -0.39 is 11.5 Å². The van der Waals surface area contributed by atoms with Crippen molar-refractivity contribution in [3.05, 3.63) is 0 Å². The Bertz CT molecular complexity index is 228. The Morgan fingerprint density at radius 1 is 1.07 bits per heavy atom. The maximum absolute atomic E-state index is 13.0. The Morgan fingerprint density at radius 2 is 1.57 bits per heavy atom. The van der Waals surface area contributed by atoms with Crippen LogP contribution in [0.4, 0.5) is 8.78 Å². The highest BCUT2D eigenvalue weighted by atomic mass is 19.3. The molecule has 2 aliphatic rings. The third-order valence-electron chi connectivity index (χ3n) is 3.92. The molecule has 82 valence electrons. The van der Waals surface area contributed by atoms with Crippen molar-refractivity contribution in [2.45, 2.75) is 44.1 Å². The zero-order valence-corrected chi connectivity index (χ0v) is 8.48. The van der Waals surface area contributed by atoms with Gasteiger partial charge >= 0.3 is 0 Å². The van der Waals surface area contributed by atoms with Crippen molar-refractivity contribution in [3.63, 3.8) is 0 Å². The number of halogens is 2. The smallest absolute Gasteiger partial charge is 0.248 e. The fourth-order valence-corrected chi connectivity index (χ4v) is 2.36. The first kappa shape index (κ1) is 10.3. The molecule has 0 aromatic carbocycles. The summed E-state index contributed by atoms with van der Waals surface area (Å²) in [6.07, 6.45) is 0.692. The second-order valence-corrected chi connectivity index (χ2v) is 5.07. The summed E-state index contributed by atoms with van der Waals surface area (Å²) in [5.41, 5.74) is 5.69. The van der Waals surface area contributed by atoms with E-state index in [-0.39, 0.29) is 18.3 Å². The molecule has 1 heterocycles. The third-order valence-corrected chi connectivity index (χ3v) is 3.92. The van der Waals surface area contributed by atoms with Crippen molar-refractivity contribution in [1.82, 2.24) is 0 Å². The molecule has 1 aliphatic carbocycles. The average molecular weight is 205 g/mol. The molecule has 0 radical (unpaired) electrons. The topological polar surface area (TPSA) is 35.2 Å². The number of ether oxygens (including phenoxy) is 1. The van der Waals surface area contributed by atoms with Gasteiger partial charge in [-0.1, -0.05) is 6.92 Å². The van der Waals surface area contributed by atoms with Gasteiger partial charge in [-0.3, -0.25) is 0 Å². The highest BCUT2D eigenvalue weighted by molar-refractivity contribution is 5.06. The van der Waals surface area contributed by atoms with Gasteiger partial charge in [-0.25, -0.2) is 8.78 Å². The van der Waals surface area contributed by atoms with Gasteiger partial charge in [0, 0.05) is 23.8 Å². The molecule has 1 aliphatic heterocycles. The summed E-state index contributed by atoms with van der Waals surface area (Å²) in [5, 5.41) is 0. The van der Waals surface area contributed by atoms with Gasteiger partial charge in [-0.15, -0.1) is 0 Å². The van der Waals surface area contributed by atoms with E-state index in [9.17, 15) is 8.78 Å². The average Bonchev–Trinajstić information content (AvgIpc) is 2.07. The summed E-state index contributed by atoms with van der Waals surface area (Å²) in [5.74, 6) is -2.50. The van der Waals surface area contributed by atoms with Gasteiger partial charge in [-0.2, -0.15) is 0 Å². The molecule has 0 aromatic heterocycles. The lowest BCUT2D eigenvalue weighted by Crippen LogP contribution is -2.65. The molecule has 0 atom stereocenters. The fourth-order valence-electron chi connectivity index (χ4n) is 2.36. The van der Waals surface area contributed by atoms with Crippen LogP contribution < -0.4 is 5.73 Å². The minimum Gasteiger partial charge on any atom is -0.380 e. The van der Waals surface area contributed by atoms with Crippen molar-refractivity contribution < 1.29 is 13.5 Å². The molecule has 4 heteroatoms. The van der Waals surface area contributed by atoms with E-state index >= 15 is 0 Å². The van der Waals surface area contributed by atoms with E-state index in [4.69, 9.17) is 10.5 Å². The first-order valence-electron chi connectivity index (χ1n) is 5.12. The molecule has 2 fully saturated rings. The number of alkyl halides is 2. The highest BCUT2D eigenvalue weighted by Crippen LogP contribution is 2.48. The second-order valence-electron chi connectivity index (χ2n) is 5.07. The first-order valence-corrected chi connectivity index (χ1v) is 5.12. The van der Waals surface area contributed by atoms with Crippen LogP contribution >= 0.6 is 0 Å². The van der Waals surface area contributed by atoms with Crippen LogP contribution in [0, 0.1) is 5.41 Å². The first-order chi connectivity index (χ1) is 6.37. The third kappa shape index (κ3) is 1.44. The van der Waals surface area contributed by atoms with Gasteiger partial charge in [0.05, 0.1) is 13.2 Å². The van der Waals surface area contributed by atoms with Crippen molar-refractivity contribution in [2.24, 2.45) is 11.1 Å². The number of nitrogens with two attached hydrogens (primary N) is 1. The van der Waals surface area contributed by atoms with Crippen LogP contribution in [0.1, 0.15) is 32.6 Å². The molecule has 0 amide bonds. The van der Waals surface area contributed by atoms with Gasteiger partial charge in [0.1, 0.15) is 0 Å². The second kappa shape index (κ2) is 2.89. The molecule has 2 rings (SSSR count). The van der Waals surface area contributed by atoms with Gasteiger partial charge < -0.3 is 10.5 Å². The Labute approximate surface area is 82.8 Å². The summed E-state index contributed by atoms with van der Waals surface area (Å²) in [4.78, 5) is 0. The molecular formula is C10H17F2NO.